The van der Waals surface area contributed by atoms with E-state index in [1.165, 1.54) is 12.3 Å². The first kappa shape index (κ1) is 7.85. The Hall–Kier alpha value is -1.25. The molecule has 0 saturated carbocycles. The van der Waals surface area contributed by atoms with Gasteiger partial charge in [-0.15, -0.1) is 0 Å². The Kier molecular flexibility index (Phi) is 2.31. The Morgan fingerprint density at radius 2 is 2.18 bits per heavy atom. The van der Waals surface area contributed by atoms with E-state index in [-0.39, 0.29) is 12.0 Å². The Morgan fingerprint density at radius 3 is 2.64 bits per heavy atom. The third-order valence-corrected chi connectivity index (χ3v) is 1.62. The molecule has 0 aromatic heterocycles. The molecule has 0 N–H and O–H groups in total. The predicted molar refractivity (Wildman–Crippen MR) is 41.8 cm³/mol. The zero-order valence-electron chi connectivity index (χ0n) is 6.32. The molecule has 1 aliphatic heterocycles. The topological polar surface area (TPSA) is 29.5 Å². The standard InChI is InChI=1S/C8H11NO2/c1-3-8(10)9-5-7(6-9)11-4-2/h3-4,7H,1-2,5-6H2. The van der Waals surface area contributed by atoms with Gasteiger partial charge in [0.15, 0.2) is 0 Å². The summed E-state index contributed by atoms with van der Waals surface area (Å²) in [5.41, 5.74) is 0. The van der Waals surface area contributed by atoms with Gasteiger partial charge < -0.3 is 9.64 Å². The van der Waals surface area contributed by atoms with Crippen molar-refractivity contribution in [2.24, 2.45) is 0 Å². The molecule has 0 atom stereocenters. The molecular formula is C8H11NO2. The number of hydrogen-bond acceptors (Lipinski definition) is 2. The molecule has 1 saturated heterocycles. The lowest BCUT2D eigenvalue weighted by atomic mass is 10.1. The van der Waals surface area contributed by atoms with Crippen LogP contribution in [0.5, 0.6) is 0 Å². The number of nitrogens with zero attached hydrogens (tertiary/aromatic N) is 1. The minimum absolute atomic E-state index is 0.0334. The lowest BCUT2D eigenvalue weighted by Crippen LogP contribution is -2.53. The van der Waals surface area contributed by atoms with Gasteiger partial charge in [-0.3, -0.25) is 4.79 Å². The minimum Gasteiger partial charge on any atom is -0.495 e. The Labute approximate surface area is 65.9 Å². The molecule has 11 heavy (non-hydrogen) atoms. The molecule has 0 radical (unpaired) electrons. The average Bonchev–Trinajstić information content (AvgIpc) is 1.94. The third kappa shape index (κ3) is 1.61. The van der Waals surface area contributed by atoms with Crippen LogP contribution in [0.4, 0.5) is 0 Å². The van der Waals surface area contributed by atoms with Crippen LogP contribution in [-0.2, 0) is 9.53 Å². The van der Waals surface area contributed by atoms with E-state index in [0.717, 1.165) is 0 Å². The molecule has 1 rings (SSSR count). The molecule has 0 aromatic rings. The van der Waals surface area contributed by atoms with Crippen LogP contribution >= 0.6 is 0 Å². The summed E-state index contributed by atoms with van der Waals surface area (Å²) in [4.78, 5) is 12.5. The number of rotatable bonds is 3. The van der Waals surface area contributed by atoms with Gasteiger partial charge >= 0.3 is 0 Å². The molecule has 1 aliphatic rings. The van der Waals surface area contributed by atoms with Crippen molar-refractivity contribution < 1.29 is 9.53 Å². The number of likely N-dealkylation sites (tertiary alicyclic amines) is 1. The van der Waals surface area contributed by atoms with Crippen LogP contribution in [0, 0.1) is 0 Å². The molecule has 1 heterocycles. The SMILES string of the molecule is C=COC1CN(C(=O)C=C)C1. The maximum Gasteiger partial charge on any atom is 0.246 e. The van der Waals surface area contributed by atoms with E-state index in [1.807, 2.05) is 0 Å². The van der Waals surface area contributed by atoms with Gasteiger partial charge in [-0.05, 0) is 6.08 Å². The number of ether oxygens (including phenoxy) is 1. The van der Waals surface area contributed by atoms with Gasteiger partial charge in [0.25, 0.3) is 0 Å². The third-order valence-electron chi connectivity index (χ3n) is 1.62. The molecule has 0 unspecified atom stereocenters. The lowest BCUT2D eigenvalue weighted by Gasteiger charge is -2.37. The van der Waals surface area contributed by atoms with Crippen LogP contribution in [0.1, 0.15) is 0 Å². The molecule has 60 valence electrons. The van der Waals surface area contributed by atoms with E-state index in [2.05, 4.69) is 13.2 Å². The van der Waals surface area contributed by atoms with E-state index in [9.17, 15) is 4.79 Å². The molecule has 0 bridgehead atoms. The fraction of sp³-hybridized carbons (Fsp3) is 0.375. The van der Waals surface area contributed by atoms with Crippen molar-refractivity contribution in [2.45, 2.75) is 6.10 Å². The first-order valence-electron chi connectivity index (χ1n) is 3.45. The highest BCUT2D eigenvalue weighted by Crippen LogP contribution is 2.11. The molecule has 1 amide bonds. The van der Waals surface area contributed by atoms with Gasteiger partial charge in [0, 0.05) is 0 Å². The van der Waals surface area contributed by atoms with Crippen molar-refractivity contribution in [1.29, 1.82) is 0 Å². The van der Waals surface area contributed by atoms with E-state index >= 15 is 0 Å². The summed E-state index contributed by atoms with van der Waals surface area (Å²) in [6.07, 6.45) is 2.85. The summed E-state index contributed by atoms with van der Waals surface area (Å²) in [6, 6.07) is 0. The van der Waals surface area contributed by atoms with Crippen molar-refractivity contribution in [3.8, 4) is 0 Å². The predicted octanol–water partition coefficient (Wildman–Crippen LogP) is 0.543. The van der Waals surface area contributed by atoms with E-state index in [4.69, 9.17) is 4.74 Å². The van der Waals surface area contributed by atoms with Crippen molar-refractivity contribution in [1.82, 2.24) is 4.90 Å². The maximum absolute atomic E-state index is 10.9. The number of amides is 1. The smallest absolute Gasteiger partial charge is 0.246 e. The summed E-state index contributed by atoms with van der Waals surface area (Å²) >= 11 is 0. The van der Waals surface area contributed by atoms with Gasteiger partial charge in [0.05, 0.1) is 19.4 Å². The molecular weight excluding hydrogens is 142 g/mol. The van der Waals surface area contributed by atoms with Crippen molar-refractivity contribution in [3.63, 3.8) is 0 Å². The van der Waals surface area contributed by atoms with Crippen LogP contribution in [0.2, 0.25) is 0 Å². The fourth-order valence-corrected chi connectivity index (χ4v) is 0.969. The first-order chi connectivity index (χ1) is 5.27. The largest absolute Gasteiger partial charge is 0.495 e. The van der Waals surface area contributed by atoms with Crippen LogP contribution in [0.3, 0.4) is 0 Å². The number of carbonyl (C=O) groups is 1. The highest BCUT2D eigenvalue weighted by Gasteiger charge is 2.29. The summed E-state index contributed by atoms with van der Waals surface area (Å²) in [7, 11) is 0. The first-order valence-corrected chi connectivity index (χ1v) is 3.45. The van der Waals surface area contributed by atoms with Gasteiger partial charge in [0.1, 0.15) is 6.10 Å². The van der Waals surface area contributed by atoms with Crippen molar-refractivity contribution >= 4 is 5.91 Å². The molecule has 0 spiro atoms. The Bertz CT molecular complexity index is 183. The fourth-order valence-electron chi connectivity index (χ4n) is 0.969. The number of carbonyl (C=O) groups excluding carboxylic acids is 1. The van der Waals surface area contributed by atoms with Crippen molar-refractivity contribution in [3.05, 3.63) is 25.5 Å². The quantitative estimate of drug-likeness (QED) is 0.437. The van der Waals surface area contributed by atoms with Gasteiger partial charge in [-0.25, -0.2) is 0 Å². The van der Waals surface area contributed by atoms with Crippen LogP contribution < -0.4 is 0 Å². The average molecular weight is 153 g/mol. The summed E-state index contributed by atoms with van der Waals surface area (Å²) in [5.74, 6) is -0.0334. The van der Waals surface area contributed by atoms with E-state index in [1.54, 1.807) is 4.90 Å². The molecule has 0 aliphatic carbocycles. The summed E-state index contributed by atoms with van der Waals surface area (Å²) in [6.45, 7) is 8.11. The van der Waals surface area contributed by atoms with Crippen molar-refractivity contribution in [2.75, 3.05) is 13.1 Å². The zero-order valence-corrected chi connectivity index (χ0v) is 6.32. The molecule has 3 nitrogen and oxygen atoms in total. The van der Waals surface area contributed by atoms with Crippen LogP contribution in [0.25, 0.3) is 0 Å². The Balaban J connectivity index is 2.23. The lowest BCUT2D eigenvalue weighted by molar-refractivity contribution is -0.136. The number of hydrogen-bond donors (Lipinski definition) is 0. The Morgan fingerprint density at radius 1 is 1.55 bits per heavy atom. The zero-order chi connectivity index (χ0) is 8.27. The van der Waals surface area contributed by atoms with Gasteiger partial charge in [-0.2, -0.15) is 0 Å². The normalized spacial score (nSPS) is 16.9. The molecule has 0 aromatic carbocycles. The minimum atomic E-state index is -0.0334. The highest BCUT2D eigenvalue weighted by atomic mass is 16.5. The second-order valence-corrected chi connectivity index (χ2v) is 2.37. The highest BCUT2D eigenvalue weighted by molar-refractivity contribution is 5.87. The van der Waals surface area contributed by atoms with Crippen LogP contribution in [-0.4, -0.2) is 30.0 Å². The monoisotopic (exact) mass is 153 g/mol. The maximum atomic E-state index is 10.9. The molecule has 1 fully saturated rings. The van der Waals surface area contributed by atoms with Gasteiger partial charge in [-0.1, -0.05) is 13.2 Å². The second kappa shape index (κ2) is 3.23. The molecule has 3 heteroatoms. The van der Waals surface area contributed by atoms with E-state index in [0.29, 0.717) is 13.1 Å². The van der Waals surface area contributed by atoms with Crippen LogP contribution in [0.15, 0.2) is 25.5 Å². The second-order valence-electron chi connectivity index (χ2n) is 2.37. The van der Waals surface area contributed by atoms with E-state index < -0.39 is 0 Å². The summed E-state index contributed by atoms with van der Waals surface area (Å²) < 4.78 is 5.04. The summed E-state index contributed by atoms with van der Waals surface area (Å²) in [5, 5.41) is 0. The van der Waals surface area contributed by atoms with Gasteiger partial charge in [0.2, 0.25) is 5.91 Å².